The van der Waals surface area contributed by atoms with Crippen LogP contribution in [0.15, 0.2) is 30.5 Å². The summed E-state index contributed by atoms with van der Waals surface area (Å²) in [5.41, 5.74) is 1.96. The number of nitrogens with zero attached hydrogens (tertiary/aromatic N) is 4. The van der Waals surface area contributed by atoms with Crippen LogP contribution >= 0.6 is 0 Å². The number of hydrogen-bond acceptors (Lipinski definition) is 7. The van der Waals surface area contributed by atoms with Crippen LogP contribution in [0.4, 0.5) is 21.8 Å². The molecule has 0 radical (unpaired) electrons. The second kappa shape index (κ2) is 11.8. The third-order valence-electron chi connectivity index (χ3n) is 8.34. The lowest BCUT2D eigenvalue weighted by atomic mass is 9.88. The van der Waals surface area contributed by atoms with Gasteiger partial charge in [0.15, 0.2) is 0 Å². The van der Waals surface area contributed by atoms with E-state index < -0.39 is 0 Å². The molecule has 7 nitrogen and oxygen atoms in total. The van der Waals surface area contributed by atoms with Gasteiger partial charge in [0.25, 0.3) is 0 Å². The highest BCUT2D eigenvalue weighted by Gasteiger charge is 2.28. The predicted octanol–water partition coefficient (Wildman–Crippen LogP) is 4.60. The Bertz CT molecular complexity index is 965. The Kier molecular flexibility index (Phi) is 8.34. The van der Waals surface area contributed by atoms with Gasteiger partial charge in [-0.3, -0.25) is 0 Å². The van der Waals surface area contributed by atoms with E-state index in [1.54, 1.807) is 12.1 Å². The third-order valence-corrected chi connectivity index (χ3v) is 8.34. The van der Waals surface area contributed by atoms with Crippen LogP contribution < -0.4 is 10.6 Å². The van der Waals surface area contributed by atoms with E-state index in [0.29, 0.717) is 17.9 Å². The molecule has 0 bridgehead atoms. The van der Waals surface area contributed by atoms with Crippen molar-refractivity contribution in [2.45, 2.75) is 69.4 Å². The highest BCUT2D eigenvalue weighted by Crippen LogP contribution is 2.34. The molecule has 0 atom stereocenters. The van der Waals surface area contributed by atoms with Crippen molar-refractivity contribution in [2.75, 3.05) is 50.4 Å². The molecule has 2 aromatic rings. The Hall–Kier alpha value is -2.29. The fourth-order valence-electron chi connectivity index (χ4n) is 5.98. The second-order valence-electron chi connectivity index (χ2n) is 11.1. The zero-order valence-corrected chi connectivity index (χ0v) is 21.5. The Morgan fingerprint density at radius 2 is 1.64 bits per heavy atom. The van der Waals surface area contributed by atoms with Crippen LogP contribution in [-0.2, 0) is 0 Å². The fourth-order valence-corrected chi connectivity index (χ4v) is 5.98. The van der Waals surface area contributed by atoms with Crippen LogP contribution in [0.3, 0.4) is 0 Å². The molecule has 1 aromatic carbocycles. The van der Waals surface area contributed by atoms with Gasteiger partial charge in [0, 0.05) is 30.0 Å². The van der Waals surface area contributed by atoms with Crippen molar-refractivity contribution >= 4 is 17.5 Å². The van der Waals surface area contributed by atoms with Crippen molar-refractivity contribution < 1.29 is 9.50 Å². The molecule has 0 amide bonds. The van der Waals surface area contributed by atoms with Crippen LogP contribution in [-0.4, -0.2) is 76.8 Å². The molecule has 0 unspecified atom stereocenters. The minimum absolute atomic E-state index is 0.183. The molecule has 1 aliphatic carbocycles. The molecule has 36 heavy (non-hydrogen) atoms. The zero-order chi connectivity index (χ0) is 24.9. The Balaban J connectivity index is 1.26. The number of halogens is 1. The lowest BCUT2D eigenvalue weighted by molar-refractivity contribution is 0.126. The maximum absolute atomic E-state index is 13.3. The summed E-state index contributed by atoms with van der Waals surface area (Å²) in [6.45, 7) is 5.93. The van der Waals surface area contributed by atoms with Crippen molar-refractivity contribution in [2.24, 2.45) is 5.92 Å². The predicted molar refractivity (Wildman–Crippen MR) is 142 cm³/mol. The first-order chi connectivity index (χ1) is 17.5. The standard InChI is InChI=1S/C28H41FN6O/c1-34-14-10-20(11-15-34)19-35-16-12-21(13-17-35)26-18-30-28(32-24-4-2-22(29)3-5-24)33-27(26)31-23-6-8-25(36)9-7-23/h2-5,18,20-21,23,25,36H,6-17,19H2,1H3,(H2,30,31,32,33). The SMILES string of the molecule is CN1CCC(CN2CCC(c3cnc(Nc4ccc(F)cc4)nc3NC3CCC(O)CC3)CC2)CC1. The molecule has 3 N–H and O–H groups in total. The number of likely N-dealkylation sites (tertiary alicyclic amines) is 2. The van der Waals surface area contributed by atoms with Gasteiger partial charge in [-0.2, -0.15) is 4.98 Å². The molecule has 5 rings (SSSR count). The first-order valence-electron chi connectivity index (χ1n) is 13.8. The molecular weight excluding hydrogens is 455 g/mol. The molecule has 3 heterocycles. The monoisotopic (exact) mass is 496 g/mol. The number of piperidine rings is 2. The molecule has 8 heteroatoms. The first-order valence-corrected chi connectivity index (χ1v) is 13.8. The van der Waals surface area contributed by atoms with Gasteiger partial charge in [0.05, 0.1) is 6.10 Å². The number of aliphatic hydroxyl groups is 1. The number of anilines is 3. The van der Waals surface area contributed by atoms with Gasteiger partial charge in [0.2, 0.25) is 5.95 Å². The van der Waals surface area contributed by atoms with Crippen molar-refractivity contribution in [1.29, 1.82) is 0 Å². The van der Waals surface area contributed by atoms with Crippen molar-refractivity contribution in [3.05, 3.63) is 41.8 Å². The molecule has 1 aromatic heterocycles. The molecule has 2 saturated heterocycles. The van der Waals surface area contributed by atoms with E-state index in [1.807, 2.05) is 6.20 Å². The lowest BCUT2D eigenvalue weighted by Gasteiger charge is -2.37. The molecule has 1 saturated carbocycles. The molecule has 3 fully saturated rings. The van der Waals surface area contributed by atoms with Gasteiger partial charge in [0.1, 0.15) is 11.6 Å². The molecule has 0 spiro atoms. The molecule has 3 aliphatic rings. The van der Waals surface area contributed by atoms with E-state index in [2.05, 4.69) is 32.5 Å². The van der Waals surface area contributed by atoms with Gasteiger partial charge < -0.3 is 25.5 Å². The number of nitrogens with one attached hydrogen (secondary N) is 2. The summed E-state index contributed by atoms with van der Waals surface area (Å²) in [5.74, 6) is 2.43. The van der Waals surface area contributed by atoms with Crippen LogP contribution in [0.1, 0.15) is 62.8 Å². The quantitative estimate of drug-likeness (QED) is 0.517. The van der Waals surface area contributed by atoms with Gasteiger partial charge in [-0.15, -0.1) is 0 Å². The fraction of sp³-hybridized carbons (Fsp3) is 0.643. The average Bonchev–Trinajstić information content (AvgIpc) is 2.89. The molecule has 2 aliphatic heterocycles. The highest BCUT2D eigenvalue weighted by molar-refractivity contribution is 5.57. The normalized spacial score (nSPS) is 25.1. The van der Waals surface area contributed by atoms with E-state index >= 15 is 0 Å². The first kappa shape index (κ1) is 25.4. The summed E-state index contributed by atoms with van der Waals surface area (Å²) in [7, 11) is 2.23. The van der Waals surface area contributed by atoms with Crippen molar-refractivity contribution in [3.63, 3.8) is 0 Å². The second-order valence-corrected chi connectivity index (χ2v) is 11.1. The summed E-state index contributed by atoms with van der Waals surface area (Å²) in [5, 5.41) is 16.9. The van der Waals surface area contributed by atoms with E-state index in [0.717, 1.165) is 69.0 Å². The Labute approximate surface area is 214 Å². The Morgan fingerprint density at radius 3 is 2.33 bits per heavy atom. The molecular formula is C28H41FN6O. The van der Waals surface area contributed by atoms with E-state index in [1.165, 1.54) is 50.2 Å². The summed E-state index contributed by atoms with van der Waals surface area (Å²) >= 11 is 0. The number of aromatic nitrogens is 2. The van der Waals surface area contributed by atoms with Crippen LogP contribution in [0.5, 0.6) is 0 Å². The van der Waals surface area contributed by atoms with E-state index in [-0.39, 0.29) is 11.9 Å². The summed E-state index contributed by atoms with van der Waals surface area (Å²) in [4.78, 5) is 14.6. The smallest absolute Gasteiger partial charge is 0.229 e. The molecule has 196 valence electrons. The third kappa shape index (κ3) is 6.72. The van der Waals surface area contributed by atoms with Crippen molar-refractivity contribution in [3.8, 4) is 0 Å². The highest BCUT2D eigenvalue weighted by atomic mass is 19.1. The van der Waals surface area contributed by atoms with Gasteiger partial charge in [-0.25, -0.2) is 9.37 Å². The van der Waals surface area contributed by atoms with Crippen LogP contribution in [0.2, 0.25) is 0 Å². The van der Waals surface area contributed by atoms with Crippen LogP contribution in [0, 0.1) is 11.7 Å². The Morgan fingerprint density at radius 1 is 0.944 bits per heavy atom. The van der Waals surface area contributed by atoms with E-state index in [9.17, 15) is 9.50 Å². The van der Waals surface area contributed by atoms with Gasteiger partial charge in [-0.05, 0) is 121 Å². The number of hydrogen-bond donors (Lipinski definition) is 3. The minimum Gasteiger partial charge on any atom is -0.393 e. The van der Waals surface area contributed by atoms with E-state index in [4.69, 9.17) is 4.98 Å². The largest absolute Gasteiger partial charge is 0.393 e. The average molecular weight is 497 g/mol. The number of rotatable bonds is 7. The zero-order valence-electron chi connectivity index (χ0n) is 21.5. The lowest BCUT2D eigenvalue weighted by Crippen LogP contribution is -2.40. The maximum Gasteiger partial charge on any atom is 0.229 e. The minimum atomic E-state index is -0.263. The maximum atomic E-state index is 13.3. The summed E-state index contributed by atoms with van der Waals surface area (Å²) in [6, 6.07) is 6.57. The van der Waals surface area contributed by atoms with Crippen LogP contribution in [0.25, 0.3) is 0 Å². The van der Waals surface area contributed by atoms with Gasteiger partial charge >= 0.3 is 0 Å². The summed E-state index contributed by atoms with van der Waals surface area (Å²) in [6.07, 6.45) is 10.2. The topological polar surface area (TPSA) is 76.5 Å². The number of aliphatic hydroxyl groups excluding tert-OH is 1. The van der Waals surface area contributed by atoms with Gasteiger partial charge in [-0.1, -0.05) is 0 Å². The number of benzene rings is 1. The van der Waals surface area contributed by atoms with Crippen molar-refractivity contribution in [1.82, 2.24) is 19.8 Å². The summed E-state index contributed by atoms with van der Waals surface area (Å²) < 4.78 is 13.3.